The topological polar surface area (TPSA) is 39.2 Å². The molecule has 0 radical (unpaired) electrons. The van der Waals surface area contributed by atoms with Crippen molar-refractivity contribution in [3.8, 4) is 0 Å². The van der Waals surface area contributed by atoms with Gasteiger partial charge in [0.05, 0.1) is 5.02 Å². The van der Waals surface area contributed by atoms with Crippen LogP contribution in [0.5, 0.6) is 0 Å². The number of hydrogen-bond acceptors (Lipinski definition) is 3. The van der Waals surface area contributed by atoms with Crippen molar-refractivity contribution in [2.24, 2.45) is 0 Å². The first-order valence-corrected chi connectivity index (χ1v) is 5.18. The first-order valence-electron chi connectivity index (χ1n) is 4.80. The van der Waals surface area contributed by atoms with Crippen molar-refractivity contribution >= 4 is 17.6 Å². The van der Waals surface area contributed by atoms with E-state index in [0.717, 1.165) is 6.42 Å². The van der Waals surface area contributed by atoms with Gasteiger partial charge < -0.3 is 4.74 Å². The summed E-state index contributed by atoms with van der Waals surface area (Å²) in [6, 6.07) is 3.29. The highest BCUT2D eigenvalue weighted by Crippen LogP contribution is 2.19. The van der Waals surface area contributed by atoms with Gasteiger partial charge in [-0.25, -0.2) is 9.78 Å². The summed E-state index contributed by atoms with van der Waals surface area (Å²) in [5.74, 6) is -0.479. The Balaban J connectivity index is 2.83. The molecule has 1 aromatic rings. The van der Waals surface area contributed by atoms with Crippen LogP contribution in [0, 0.1) is 0 Å². The number of carbonyl (C=O) groups excluding carboxylic acids is 1. The van der Waals surface area contributed by atoms with Crippen LogP contribution in [0.25, 0.3) is 0 Å². The number of hydrogen-bond donors (Lipinski definition) is 0. The van der Waals surface area contributed by atoms with Crippen LogP contribution >= 0.6 is 11.6 Å². The van der Waals surface area contributed by atoms with Crippen LogP contribution in [0.3, 0.4) is 0 Å². The molecule has 0 bridgehead atoms. The first-order chi connectivity index (χ1) is 6.96. The Bertz CT molecular complexity index is 363. The van der Waals surface area contributed by atoms with Gasteiger partial charge in [-0.3, -0.25) is 0 Å². The van der Waals surface area contributed by atoms with E-state index in [4.69, 9.17) is 16.3 Å². The summed E-state index contributed by atoms with van der Waals surface area (Å²) in [6.45, 7) is 5.65. The second-order valence-corrected chi connectivity index (χ2v) is 4.24. The minimum Gasteiger partial charge on any atom is -0.455 e. The predicted molar refractivity (Wildman–Crippen MR) is 59.0 cm³/mol. The fourth-order valence-electron chi connectivity index (χ4n) is 0.907. The maximum absolute atomic E-state index is 11.7. The third kappa shape index (κ3) is 3.20. The van der Waals surface area contributed by atoms with E-state index in [1.165, 1.54) is 6.20 Å². The summed E-state index contributed by atoms with van der Waals surface area (Å²) in [4.78, 5) is 15.6. The number of rotatable bonds is 3. The van der Waals surface area contributed by atoms with E-state index in [1.807, 2.05) is 20.8 Å². The van der Waals surface area contributed by atoms with Crippen LogP contribution in [0.1, 0.15) is 37.7 Å². The third-order valence-electron chi connectivity index (χ3n) is 2.17. The summed E-state index contributed by atoms with van der Waals surface area (Å²) in [7, 11) is 0. The number of ether oxygens (including phenoxy) is 1. The molecule has 3 nitrogen and oxygen atoms in total. The molecule has 0 aliphatic carbocycles. The van der Waals surface area contributed by atoms with E-state index in [0.29, 0.717) is 5.02 Å². The lowest BCUT2D eigenvalue weighted by atomic mass is 10.1. The molecule has 0 aliphatic rings. The van der Waals surface area contributed by atoms with Crippen molar-refractivity contribution in [3.63, 3.8) is 0 Å². The van der Waals surface area contributed by atoms with Crippen LogP contribution in [-0.4, -0.2) is 16.6 Å². The second-order valence-electron chi connectivity index (χ2n) is 3.84. The predicted octanol–water partition coefficient (Wildman–Crippen LogP) is 3.08. The lowest BCUT2D eigenvalue weighted by molar-refractivity contribution is -0.00304. The van der Waals surface area contributed by atoms with E-state index in [9.17, 15) is 4.79 Å². The normalized spacial score (nSPS) is 11.2. The Morgan fingerprint density at radius 1 is 1.60 bits per heavy atom. The zero-order chi connectivity index (χ0) is 11.5. The van der Waals surface area contributed by atoms with Gasteiger partial charge in [-0.05, 0) is 32.4 Å². The third-order valence-corrected chi connectivity index (χ3v) is 2.48. The van der Waals surface area contributed by atoms with Gasteiger partial charge in [-0.2, -0.15) is 0 Å². The average molecular weight is 228 g/mol. The molecule has 0 aliphatic heterocycles. The highest BCUT2D eigenvalue weighted by molar-refractivity contribution is 6.33. The molecule has 0 N–H and O–H groups in total. The summed E-state index contributed by atoms with van der Waals surface area (Å²) >= 11 is 5.83. The SMILES string of the molecule is CCC(C)(C)OC(=O)c1ncccc1Cl. The number of esters is 1. The molecule has 0 fully saturated rings. The Morgan fingerprint density at radius 2 is 2.27 bits per heavy atom. The Labute approximate surface area is 94.4 Å². The number of carbonyl (C=O) groups is 1. The Hall–Kier alpha value is -1.09. The molecule has 0 saturated carbocycles. The van der Waals surface area contributed by atoms with Crippen LogP contribution in [0.15, 0.2) is 18.3 Å². The standard InChI is InChI=1S/C11H14ClNO2/c1-4-11(2,3)15-10(14)9-8(12)6-5-7-13-9/h5-7H,4H2,1-3H3. The number of pyridine rings is 1. The van der Waals surface area contributed by atoms with E-state index in [2.05, 4.69) is 4.98 Å². The van der Waals surface area contributed by atoms with E-state index in [-0.39, 0.29) is 5.69 Å². The molecule has 0 amide bonds. The fraction of sp³-hybridized carbons (Fsp3) is 0.455. The molecule has 0 saturated heterocycles. The average Bonchev–Trinajstić information content (AvgIpc) is 2.17. The molecular formula is C11H14ClNO2. The molecule has 15 heavy (non-hydrogen) atoms. The quantitative estimate of drug-likeness (QED) is 0.745. The summed E-state index contributed by atoms with van der Waals surface area (Å²) in [5.41, 5.74) is -0.321. The highest BCUT2D eigenvalue weighted by Gasteiger charge is 2.23. The van der Waals surface area contributed by atoms with Crippen LogP contribution < -0.4 is 0 Å². The van der Waals surface area contributed by atoms with Crippen molar-refractivity contribution in [1.29, 1.82) is 0 Å². The van der Waals surface area contributed by atoms with Gasteiger partial charge in [-0.1, -0.05) is 18.5 Å². The van der Waals surface area contributed by atoms with Crippen molar-refractivity contribution in [1.82, 2.24) is 4.98 Å². The van der Waals surface area contributed by atoms with E-state index < -0.39 is 11.6 Å². The summed E-state index contributed by atoms with van der Waals surface area (Å²) in [5, 5.41) is 0.314. The zero-order valence-corrected chi connectivity index (χ0v) is 9.84. The van der Waals surface area contributed by atoms with E-state index in [1.54, 1.807) is 12.1 Å². The maximum atomic E-state index is 11.7. The minimum absolute atomic E-state index is 0.167. The molecule has 4 heteroatoms. The van der Waals surface area contributed by atoms with Gasteiger partial charge in [0.25, 0.3) is 0 Å². The lowest BCUT2D eigenvalue weighted by Crippen LogP contribution is -2.27. The van der Waals surface area contributed by atoms with Gasteiger partial charge in [0.1, 0.15) is 5.60 Å². The van der Waals surface area contributed by atoms with Crippen LogP contribution in [0.2, 0.25) is 5.02 Å². The largest absolute Gasteiger partial charge is 0.455 e. The maximum Gasteiger partial charge on any atom is 0.359 e. The van der Waals surface area contributed by atoms with Crippen LogP contribution in [0.4, 0.5) is 0 Å². The lowest BCUT2D eigenvalue weighted by Gasteiger charge is -2.23. The number of halogens is 1. The van der Waals surface area contributed by atoms with Crippen molar-refractivity contribution in [2.45, 2.75) is 32.8 Å². The molecule has 1 aromatic heterocycles. The van der Waals surface area contributed by atoms with Crippen molar-refractivity contribution in [3.05, 3.63) is 29.0 Å². The fourth-order valence-corrected chi connectivity index (χ4v) is 1.11. The Kier molecular flexibility index (Phi) is 3.69. The number of nitrogens with zero attached hydrogens (tertiary/aromatic N) is 1. The monoisotopic (exact) mass is 227 g/mol. The molecule has 1 heterocycles. The molecular weight excluding hydrogens is 214 g/mol. The van der Waals surface area contributed by atoms with Gasteiger partial charge in [0, 0.05) is 6.20 Å². The van der Waals surface area contributed by atoms with Crippen LogP contribution in [-0.2, 0) is 4.74 Å². The van der Waals surface area contributed by atoms with E-state index >= 15 is 0 Å². The first kappa shape index (κ1) is 12.0. The molecule has 0 atom stereocenters. The van der Waals surface area contributed by atoms with Gasteiger partial charge in [0.2, 0.25) is 0 Å². The smallest absolute Gasteiger partial charge is 0.359 e. The van der Waals surface area contributed by atoms with Gasteiger partial charge >= 0.3 is 5.97 Å². The molecule has 0 unspecified atom stereocenters. The van der Waals surface area contributed by atoms with Crippen molar-refractivity contribution in [2.75, 3.05) is 0 Å². The molecule has 1 rings (SSSR count). The highest BCUT2D eigenvalue weighted by atomic mass is 35.5. The molecule has 0 aromatic carbocycles. The van der Waals surface area contributed by atoms with Gasteiger partial charge in [-0.15, -0.1) is 0 Å². The molecule has 0 spiro atoms. The zero-order valence-electron chi connectivity index (χ0n) is 9.08. The number of aromatic nitrogens is 1. The Morgan fingerprint density at radius 3 is 2.80 bits per heavy atom. The molecule has 82 valence electrons. The van der Waals surface area contributed by atoms with Crippen molar-refractivity contribution < 1.29 is 9.53 Å². The minimum atomic E-state index is -0.488. The summed E-state index contributed by atoms with van der Waals surface area (Å²) in [6.07, 6.45) is 2.25. The summed E-state index contributed by atoms with van der Waals surface area (Å²) < 4.78 is 5.27. The second kappa shape index (κ2) is 4.62. The van der Waals surface area contributed by atoms with Gasteiger partial charge in [0.15, 0.2) is 5.69 Å².